The molecule has 0 saturated carbocycles. The summed E-state index contributed by atoms with van der Waals surface area (Å²) >= 11 is 0. The first-order valence-corrected chi connectivity index (χ1v) is 6.70. The summed E-state index contributed by atoms with van der Waals surface area (Å²) in [5.74, 6) is 2.33. The minimum absolute atomic E-state index is 0.476. The fraction of sp³-hybridized carbons (Fsp3) is 0.294. The Morgan fingerprint density at radius 2 is 1.32 bits per heavy atom. The molecule has 2 heteroatoms. The zero-order chi connectivity index (χ0) is 13.3. The van der Waals surface area contributed by atoms with Crippen LogP contribution in [0.15, 0.2) is 60.7 Å². The summed E-state index contributed by atoms with van der Waals surface area (Å²) in [6, 6.07) is 19.8. The second-order valence-corrected chi connectivity index (χ2v) is 4.68. The van der Waals surface area contributed by atoms with Gasteiger partial charge in [0.2, 0.25) is 0 Å². The highest BCUT2D eigenvalue weighted by atomic mass is 16.5. The standard InChI is InChI=1S/C17H20O2/c1-15(14-19-17-10-6-3-7-11-17)12-13-18-16-8-4-2-5-9-16/h2-11,15H,12-14H2,1H3/t15-/m0/s1. The van der Waals surface area contributed by atoms with Crippen molar-refractivity contribution >= 4 is 0 Å². The molecule has 0 aliphatic carbocycles. The highest BCUT2D eigenvalue weighted by Gasteiger charge is 2.04. The number of ether oxygens (including phenoxy) is 2. The van der Waals surface area contributed by atoms with Gasteiger partial charge in [0.1, 0.15) is 11.5 Å². The third kappa shape index (κ3) is 5.04. The van der Waals surface area contributed by atoms with Crippen molar-refractivity contribution in [2.45, 2.75) is 13.3 Å². The van der Waals surface area contributed by atoms with Gasteiger partial charge >= 0.3 is 0 Å². The topological polar surface area (TPSA) is 18.5 Å². The molecule has 0 bridgehead atoms. The van der Waals surface area contributed by atoms with Gasteiger partial charge in [0, 0.05) is 0 Å². The molecule has 0 fully saturated rings. The van der Waals surface area contributed by atoms with Crippen molar-refractivity contribution < 1.29 is 9.47 Å². The molecule has 0 aliphatic heterocycles. The molecule has 0 spiro atoms. The van der Waals surface area contributed by atoms with Crippen molar-refractivity contribution in [1.29, 1.82) is 0 Å². The Bertz CT molecular complexity index is 453. The van der Waals surface area contributed by atoms with E-state index in [1.807, 2.05) is 60.7 Å². The molecular formula is C17H20O2. The van der Waals surface area contributed by atoms with Crippen LogP contribution in [0.25, 0.3) is 0 Å². The normalized spacial score (nSPS) is 11.8. The summed E-state index contributed by atoms with van der Waals surface area (Å²) in [4.78, 5) is 0. The maximum absolute atomic E-state index is 5.71. The Kier molecular flexibility index (Phi) is 5.30. The lowest BCUT2D eigenvalue weighted by Crippen LogP contribution is -2.12. The first kappa shape index (κ1) is 13.5. The first-order chi connectivity index (χ1) is 9.34. The molecule has 0 aromatic heterocycles. The number of hydrogen-bond acceptors (Lipinski definition) is 2. The van der Waals surface area contributed by atoms with E-state index in [9.17, 15) is 0 Å². The average molecular weight is 256 g/mol. The van der Waals surface area contributed by atoms with Gasteiger partial charge in [-0.3, -0.25) is 0 Å². The van der Waals surface area contributed by atoms with Gasteiger partial charge in [-0.2, -0.15) is 0 Å². The van der Waals surface area contributed by atoms with E-state index in [0.29, 0.717) is 5.92 Å². The van der Waals surface area contributed by atoms with Gasteiger partial charge in [0.25, 0.3) is 0 Å². The number of benzene rings is 2. The number of para-hydroxylation sites is 2. The molecule has 19 heavy (non-hydrogen) atoms. The minimum atomic E-state index is 0.476. The molecular weight excluding hydrogens is 236 g/mol. The lowest BCUT2D eigenvalue weighted by molar-refractivity contribution is 0.217. The van der Waals surface area contributed by atoms with E-state index in [2.05, 4.69) is 6.92 Å². The van der Waals surface area contributed by atoms with Gasteiger partial charge in [-0.1, -0.05) is 43.3 Å². The second kappa shape index (κ2) is 7.47. The summed E-state index contributed by atoms with van der Waals surface area (Å²) in [5.41, 5.74) is 0. The fourth-order valence-electron chi connectivity index (χ4n) is 1.73. The molecule has 0 saturated heterocycles. The van der Waals surface area contributed by atoms with Crippen LogP contribution in [0.5, 0.6) is 11.5 Å². The van der Waals surface area contributed by atoms with Crippen molar-refractivity contribution in [3.05, 3.63) is 60.7 Å². The molecule has 0 aliphatic rings. The predicted octanol–water partition coefficient (Wildman–Crippen LogP) is 4.17. The second-order valence-electron chi connectivity index (χ2n) is 4.68. The van der Waals surface area contributed by atoms with Crippen molar-refractivity contribution in [2.75, 3.05) is 13.2 Å². The van der Waals surface area contributed by atoms with Crippen molar-refractivity contribution in [2.24, 2.45) is 5.92 Å². The van der Waals surface area contributed by atoms with Gasteiger partial charge in [-0.05, 0) is 36.6 Å². The van der Waals surface area contributed by atoms with Crippen LogP contribution in [0, 0.1) is 5.92 Å². The Hall–Kier alpha value is -1.96. The van der Waals surface area contributed by atoms with E-state index in [1.165, 1.54) is 0 Å². The van der Waals surface area contributed by atoms with Gasteiger partial charge in [0.05, 0.1) is 13.2 Å². The van der Waals surface area contributed by atoms with E-state index >= 15 is 0 Å². The Morgan fingerprint density at radius 3 is 1.89 bits per heavy atom. The molecule has 2 rings (SSSR count). The van der Waals surface area contributed by atoms with Crippen LogP contribution in [0.2, 0.25) is 0 Å². The summed E-state index contributed by atoms with van der Waals surface area (Å²) in [7, 11) is 0. The molecule has 2 aromatic rings. The number of hydrogen-bond donors (Lipinski definition) is 0. The maximum atomic E-state index is 5.71. The Morgan fingerprint density at radius 1 is 0.789 bits per heavy atom. The Labute approximate surface area is 115 Å². The highest BCUT2D eigenvalue weighted by molar-refractivity contribution is 5.21. The fourth-order valence-corrected chi connectivity index (χ4v) is 1.73. The molecule has 0 unspecified atom stereocenters. The highest BCUT2D eigenvalue weighted by Crippen LogP contribution is 2.13. The quantitative estimate of drug-likeness (QED) is 0.740. The third-order valence-electron chi connectivity index (χ3n) is 2.90. The maximum Gasteiger partial charge on any atom is 0.119 e. The monoisotopic (exact) mass is 256 g/mol. The van der Waals surface area contributed by atoms with Crippen LogP contribution in [-0.4, -0.2) is 13.2 Å². The molecule has 0 N–H and O–H groups in total. The molecule has 2 aromatic carbocycles. The van der Waals surface area contributed by atoms with Crippen LogP contribution >= 0.6 is 0 Å². The third-order valence-corrected chi connectivity index (χ3v) is 2.90. The van der Waals surface area contributed by atoms with Crippen molar-refractivity contribution in [3.63, 3.8) is 0 Å². The smallest absolute Gasteiger partial charge is 0.119 e. The van der Waals surface area contributed by atoms with E-state index < -0.39 is 0 Å². The van der Waals surface area contributed by atoms with Crippen LogP contribution in [0.1, 0.15) is 13.3 Å². The van der Waals surface area contributed by atoms with Gasteiger partial charge < -0.3 is 9.47 Å². The molecule has 0 amide bonds. The van der Waals surface area contributed by atoms with Crippen LogP contribution in [0.4, 0.5) is 0 Å². The number of rotatable bonds is 7. The molecule has 0 radical (unpaired) electrons. The molecule has 2 nitrogen and oxygen atoms in total. The minimum Gasteiger partial charge on any atom is -0.494 e. The SMILES string of the molecule is C[C@@H](CCOc1ccccc1)COc1ccccc1. The van der Waals surface area contributed by atoms with Crippen LogP contribution in [0.3, 0.4) is 0 Å². The van der Waals surface area contributed by atoms with Gasteiger partial charge in [-0.25, -0.2) is 0 Å². The average Bonchev–Trinajstić information content (AvgIpc) is 2.47. The first-order valence-electron chi connectivity index (χ1n) is 6.70. The van der Waals surface area contributed by atoms with E-state index in [0.717, 1.165) is 31.1 Å². The molecule has 0 heterocycles. The Balaban J connectivity index is 1.64. The van der Waals surface area contributed by atoms with Gasteiger partial charge in [0.15, 0.2) is 0 Å². The summed E-state index contributed by atoms with van der Waals surface area (Å²) < 4.78 is 11.4. The molecule has 1 atom stereocenters. The lowest BCUT2D eigenvalue weighted by atomic mass is 10.1. The molecule has 100 valence electrons. The lowest BCUT2D eigenvalue weighted by Gasteiger charge is -2.13. The van der Waals surface area contributed by atoms with E-state index in [-0.39, 0.29) is 0 Å². The van der Waals surface area contributed by atoms with E-state index in [4.69, 9.17) is 9.47 Å². The summed E-state index contributed by atoms with van der Waals surface area (Å²) in [6.45, 7) is 3.63. The van der Waals surface area contributed by atoms with E-state index in [1.54, 1.807) is 0 Å². The summed E-state index contributed by atoms with van der Waals surface area (Å²) in [5, 5.41) is 0. The largest absolute Gasteiger partial charge is 0.494 e. The summed E-state index contributed by atoms with van der Waals surface area (Å²) in [6.07, 6.45) is 0.988. The predicted molar refractivity (Wildman–Crippen MR) is 77.7 cm³/mol. The zero-order valence-corrected chi connectivity index (χ0v) is 11.3. The van der Waals surface area contributed by atoms with Gasteiger partial charge in [-0.15, -0.1) is 0 Å². The van der Waals surface area contributed by atoms with Crippen molar-refractivity contribution in [3.8, 4) is 11.5 Å². The van der Waals surface area contributed by atoms with Crippen LogP contribution in [-0.2, 0) is 0 Å². The zero-order valence-electron chi connectivity index (χ0n) is 11.3. The van der Waals surface area contributed by atoms with Crippen molar-refractivity contribution in [1.82, 2.24) is 0 Å². The van der Waals surface area contributed by atoms with Crippen LogP contribution < -0.4 is 9.47 Å².